The Morgan fingerprint density at radius 2 is 1.81 bits per heavy atom. The molecule has 0 radical (unpaired) electrons. The summed E-state index contributed by atoms with van der Waals surface area (Å²) in [5, 5.41) is 4.74. The number of rotatable bonds is 5. The van der Waals surface area contributed by atoms with Crippen molar-refractivity contribution in [2.75, 3.05) is 37.6 Å². The highest BCUT2D eigenvalue weighted by Crippen LogP contribution is 2.29. The minimum Gasteiger partial charge on any atom is -0.353 e. The van der Waals surface area contributed by atoms with Crippen LogP contribution in [-0.4, -0.2) is 42.0 Å². The molecule has 0 spiro atoms. The van der Waals surface area contributed by atoms with E-state index in [1.54, 1.807) is 11.5 Å². The van der Waals surface area contributed by atoms with Crippen LogP contribution in [0.3, 0.4) is 0 Å². The molecule has 2 aliphatic heterocycles. The summed E-state index contributed by atoms with van der Waals surface area (Å²) in [5.41, 5.74) is 4.46. The zero-order chi connectivity index (χ0) is 18.1. The molecule has 5 rings (SSSR count). The van der Waals surface area contributed by atoms with Gasteiger partial charge in [0.2, 0.25) is 0 Å². The minimum atomic E-state index is 1.04. The highest BCUT2D eigenvalue weighted by molar-refractivity contribution is 7.13. The van der Waals surface area contributed by atoms with E-state index in [1.165, 1.54) is 52.0 Å². The maximum atomic E-state index is 4.72. The highest BCUT2D eigenvalue weighted by atomic mass is 32.1. The number of fused-ring (bicyclic) bond motifs is 2. The zero-order valence-electron chi connectivity index (χ0n) is 15.7. The van der Waals surface area contributed by atoms with Crippen molar-refractivity contribution in [2.45, 2.75) is 25.9 Å². The molecule has 4 nitrogen and oxygen atoms in total. The Labute approximate surface area is 165 Å². The number of hydrogen-bond acceptors (Lipinski definition) is 5. The van der Waals surface area contributed by atoms with E-state index in [0.29, 0.717) is 0 Å². The first kappa shape index (κ1) is 17.2. The van der Waals surface area contributed by atoms with Gasteiger partial charge in [-0.3, -0.25) is 4.90 Å². The molecule has 3 heterocycles. The number of piperazine rings is 1. The molecule has 3 aromatic rings. The molecule has 0 bridgehead atoms. The lowest BCUT2D eigenvalue weighted by Crippen LogP contribution is -2.46. The van der Waals surface area contributed by atoms with E-state index >= 15 is 0 Å². The molecule has 2 aliphatic rings. The summed E-state index contributed by atoms with van der Waals surface area (Å²) in [6.45, 7) is 7.71. The standard InChI is InChI=1S/C22H26N4S/c1-2-6-21-20(5-1)22(24-27-21)26-12-10-25(11-13-26)9-3-4-17-7-8-18-15-23-16-19(18)14-17/h1-2,5-8,14,23H,3-4,9-13,15-16H2. The molecule has 0 aliphatic carbocycles. The zero-order valence-corrected chi connectivity index (χ0v) is 16.5. The Morgan fingerprint density at radius 1 is 0.963 bits per heavy atom. The van der Waals surface area contributed by atoms with Crippen LogP contribution in [0, 0.1) is 0 Å². The second kappa shape index (κ2) is 7.58. The molecule has 27 heavy (non-hydrogen) atoms. The van der Waals surface area contributed by atoms with Gasteiger partial charge < -0.3 is 10.2 Å². The van der Waals surface area contributed by atoms with Gasteiger partial charge in [0.25, 0.3) is 0 Å². The van der Waals surface area contributed by atoms with Crippen molar-refractivity contribution in [1.82, 2.24) is 14.6 Å². The van der Waals surface area contributed by atoms with Crippen LogP contribution in [0.5, 0.6) is 0 Å². The number of benzene rings is 2. The molecular weight excluding hydrogens is 352 g/mol. The third-order valence-electron chi connectivity index (χ3n) is 5.87. The van der Waals surface area contributed by atoms with E-state index < -0.39 is 0 Å². The second-order valence-electron chi connectivity index (χ2n) is 7.64. The average Bonchev–Trinajstić information content (AvgIpc) is 3.35. The van der Waals surface area contributed by atoms with Gasteiger partial charge in [-0.15, -0.1) is 0 Å². The molecule has 1 aromatic heterocycles. The maximum Gasteiger partial charge on any atom is 0.150 e. The van der Waals surface area contributed by atoms with E-state index in [-0.39, 0.29) is 0 Å². The van der Waals surface area contributed by atoms with E-state index in [2.05, 4.69) is 57.6 Å². The second-order valence-corrected chi connectivity index (χ2v) is 8.45. The fourth-order valence-electron chi connectivity index (χ4n) is 4.29. The van der Waals surface area contributed by atoms with Gasteiger partial charge in [-0.2, -0.15) is 4.37 Å². The van der Waals surface area contributed by atoms with Crippen molar-refractivity contribution >= 4 is 27.4 Å². The molecule has 0 unspecified atom stereocenters. The molecule has 1 fully saturated rings. The quantitative estimate of drug-likeness (QED) is 0.734. The predicted octanol–water partition coefficient (Wildman–Crippen LogP) is 3.65. The van der Waals surface area contributed by atoms with Gasteiger partial charge in [-0.05, 0) is 59.7 Å². The maximum absolute atomic E-state index is 4.72. The number of aromatic nitrogens is 1. The Hall–Kier alpha value is -1.95. The summed E-state index contributed by atoms with van der Waals surface area (Å²) in [4.78, 5) is 5.07. The van der Waals surface area contributed by atoms with Crippen molar-refractivity contribution in [2.24, 2.45) is 0 Å². The topological polar surface area (TPSA) is 31.4 Å². The van der Waals surface area contributed by atoms with Crippen LogP contribution in [0.25, 0.3) is 10.1 Å². The summed E-state index contributed by atoms with van der Waals surface area (Å²) in [6.07, 6.45) is 2.43. The van der Waals surface area contributed by atoms with Crippen LogP contribution < -0.4 is 10.2 Å². The first-order valence-corrected chi connectivity index (χ1v) is 10.8. The van der Waals surface area contributed by atoms with Crippen molar-refractivity contribution in [3.8, 4) is 0 Å². The first-order chi connectivity index (χ1) is 13.4. The summed E-state index contributed by atoms with van der Waals surface area (Å²) < 4.78 is 6.01. The van der Waals surface area contributed by atoms with Gasteiger partial charge in [-0.25, -0.2) is 0 Å². The molecule has 0 saturated carbocycles. The largest absolute Gasteiger partial charge is 0.353 e. The Balaban J connectivity index is 1.12. The highest BCUT2D eigenvalue weighted by Gasteiger charge is 2.20. The SMILES string of the molecule is c1ccc2c(N3CCN(CCCc4ccc5c(c4)CNC5)CC3)nsc2c1. The minimum absolute atomic E-state index is 1.04. The lowest BCUT2D eigenvalue weighted by molar-refractivity contribution is 0.255. The van der Waals surface area contributed by atoms with Crippen molar-refractivity contribution in [1.29, 1.82) is 0 Å². The van der Waals surface area contributed by atoms with E-state index in [1.807, 2.05) is 0 Å². The molecule has 1 N–H and O–H groups in total. The van der Waals surface area contributed by atoms with Gasteiger partial charge >= 0.3 is 0 Å². The molecule has 0 atom stereocenters. The fourth-order valence-corrected chi connectivity index (χ4v) is 5.09. The van der Waals surface area contributed by atoms with Crippen molar-refractivity contribution < 1.29 is 0 Å². The summed E-state index contributed by atoms with van der Waals surface area (Å²) in [7, 11) is 0. The lowest BCUT2D eigenvalue weighted by atomic mass is 10.0. The number of aryl methyl sites for hydroxylation is 1. The monoisotopic (exact) mass is 378 g/mol. The number of hydrogen-bond donors (Lipinski definition) is 1. The van der Waals surface area contributed by atoms with Crippen LogP contribution in [-0.2, 0) is 19.5 Å². The van der Waals surface area contributed by atoms with Gasteiger partial charge in [0.15, 0.2) is 0 Å². The van der Waals surface area contributed by atoms with Crippen LogP contribution in [0.4, 0.5) is 5.82 Å². The summed E-state index contributed by atoms with van der Waals surface area (Å²) in [6, 6.07) is 15.6. The van der Waals surface area contributed by atoms with Gasteiger partial charge in [0.1, 0.15) is 5.82 Å². The Bertz CT molecular complexity index is 927. The fraction of sp³-hybridized carbons (Fsp3) is 0.409. The third kappa shape index (κ3) is 3.59. The van der Waals surface area contributed by atoms with Crippen LogP contribution in [0.15, 0.2) is 42.5 Å². The Kier molecular flexibility index (Phi) is 4.82. The van der Waals surface area contributed by atoms with E-state index in [4.69, 9.17) is 4.37 Å². The molecule has 2 aromatic carbocycles. The van der Waals surface area contributed by atoms with E-state index in [0.717, 1.165) is 39.3 Å². The first-order valence-electron chi connectivity index (χ1n) is 10.00. The summed E-state index contributed by atoms with van der Waals surface area (Å²) >= 11 is 1.62. The molecular formula is C22H26N4S. The number of nitrogens with zero attached hydrogens (tertiary/aromatic N) is 3. The smallest absolute Gasteiger partial charge is 0.150 e. The van der Waals surface area contributed by atoms with Gasteiger partial charge in [0.05, 0.1) is 4.70 Å². The van der Waals surface area contributed by atoms with Crippen LogP contribution in [0.1, 0.15) is 23.1 Å². The summed E-state index contributed by atoms with van der Waals surface area (Å²) in [5.74, 6) is 1.18. The lowest BCUT2D eigenvalue weighted by Gasteiger charge is -2.35. The molecule has 1 saturated heterocycles. The molecule has 140 valence electrons. The number of anilines is 1. The molecule has 5 heteroatoms. The Morgan fingerprint density at radius 3 is 2.74 bits per heavy atom. The van der Waals surface area contributed by atoms with Crippen LogP contribution >= 0.6 is 11.5 Å². The van der Waals surface area contributed by atoms with E-state index in [9.17, 15) is 0 Å². The third-order valence-corrected chi connectivity index (χ3v) is 6.69. The predicted molar refractivity (Wildman–Crippen MR) is 114 cm³/mol. The van der Waals surface area contributed by atoms with Crippen molar-refractivity contribution in [3.05, 3.63) is 59.2 Å². The normalized spacial score (nSPS) is 17.6. The van der Waals surface area contributed by atoms with Gasteiger partial charge in [-0.1, -0.05) is 30.3 Å². The van der Waals surface area contributed by atoms with Crippen LogP contribution in [0.2, 0.25) is 0 Å². The molecule has 0 amide bonds. The number of nitrogens with one attached hydrogen (secondary N) is 1. The average molecular weight is 379 g/mol. The van der Waals surface area contributed by atoms with Gasteiger partial charge in [0, 0.05) is 44.7 Å². The van der Waals surface area contributed by atoms with Crippen molar-refractivity contribution in [3.63, 3.8) is 0 Å².